The molecule has 0 unspecified atom stereocenters. The summed E-state index contributed by atoms with van der Waals surface area (Å²) in [4.78, 5) is 0. The van der Waals surface area contributed by atoms with Gasteiger partial charge in [0.25, 0.3) is 0 Å². The van der Waals surface area contributed by atoms with Crippen molar-refractivity contribution in [3.8, 4) is 22.5 Å². The highest BCUT2D eigenvalue weighted by molar-refractivity contribution is 5.61. The predicted molar refractivity (Wildman–Crippen MR) is 114 cm³/mol. The average molecular weight is 474 g/mol. The van der Waals surface area contributed by atoms with E-state index in [0.29, 0.717) is 12.1 Å². The van der Waals surface area contributed by atoms with Gasteiger partial charge in [-0.05, 0) is 42.2 Å². The monoisotopic (exact) mass is 474 g/mol. The average Bonchev–Trinajstić information content (AvgIpc) is 2.77. The molecule has 0 fully saturated rings. The van der Waals surface area contributed by atoms with Crippen LogP contribution in [0.4, 0.5) is 26.3 Å². The van der Waals surface area contributed by atoms with E-state index in [1.54, 1.807) is 12.1 Å². The number of hydrogen-bond acceptors (Lipinski definition) is 0. The number of pyridine rings is 2. The van der Waals surface area contributed by atoms with Gasteiger partial charge in [0.2, 0.25) is 11.4 Å². The molecule has 174 valence electrons. The van der Waals surface area contributed by atoms with Crippen LogP contribution in [0.1, 0.15) is 22.3 Å². The molecular formula is C26H20F6N2+2. The van der Waals surface area contributed by atoms with Gasteiger partial charge in [-0.1, -0.05) is 6.07 Å². The van der Waals surface area contributed by atoms with E-state index in [-0.39, 0.29) is 11.8 Å². The molecule has 4 rings (SSSR count). The lowest BCUT2D eigenvalue weighted by atomic mass is 10.1. The summed E-state index contributed by atoms with van der Waals surface area (Å²) in [5, 5.41) is 0. The van der Waals surface area contributed by atoms with Crippen molar-refractivity contribution in [1.82, 2.24) is 0 Å². The van der Waals surface area contributed by atoms with Gasteiger partial charge in [0.1, 0.15) is 0 Å². The smallest absolute Gasteiger partial charge is 0.167 e. The Morgan fingerprint density at radius 3 is 1.21 bits per heavy atom. The van der Waals surface area contributed by atoms with Crippen LogP contribution in [0.3, 0.4) is 0 Å². The van der Waals surface area contributed by atoms with E-state index in [0.717, 1.165) is 27.9 Å². The minimum Gasteiger partial charge on any atom is -0.167 e. The molecule has 4 aromatic rings. The summed E-state index contributed by atoms with van der Waals surface area (Å²) in [7, 11) is 0. The first-order valence-corrected chi connectivity index (χ1v) is 10.3. The molecule has 8 heteroatoms. The molecule has 0 atom stereocenters. The third-order valence-corrected chi connectivity index (χ3v) is 5.37. The Morgan fingerprint density at radius 2 is 0.853 bits per heavy atom. The van der Waals surface area contributed by atoms with Gasteiger partial charge >= 0.3 is 12.4 Å². The highest BCUT2D eigenvalue weighted by Gasteiger charge is 2.38. The second-order valence-corrected chi connectivity index (χ2v) is 8.10. The Hall–Kier alpha value is -3.68. The van der Waals surface area contributed by atoms with Crippen molar-refractivity contribution in [2.75, 3.05) is 0 Å². The maximum atomic E-state index is 13.2. The molecule has 2 aromatic carbocycles. The molecule has 2 aromatic heterocycles. The van der Waals surface area contributed by atoms with Crippen LogP contribution in [0, 0.1) is 13.8 Å². The Morgan fingerprint density at radius 1 is 0.500 bits per heavy atom. The summed E-state index contributed by atoms with van der Waals surface area (Å²) in [6.07, 6.45) is -3.12. The van der Waals surface area contributed by atoms with Crippen molar-refractivity contribution in [3.63, 3.8) is 0 Å². The molecule has 2 heterocycles. The zero-order valence-electron chi connectivity index (χ0n) is 18.2. The van der Waals surface area contributed by atoms with Gasteiger partial charge in [-0.15, -0.1) is 0 Å². The first kappa shape index (κ1) is 23.5. The summed E-state index contributed by atoms with van der Waals surface area (Å²) in [5.41, 5.74) is 1.99. The van der Waals surface area contributed by atoms with Gasteiger partial charge < -0.3 is 0 Å². The number of halogens is 6. The molecule has 0 aliphatic heterocycles. The lowest BCUT2D eigenvalue weighted by Gasteiger charge is -2.12. The molecule has 0 amide bonds. The number of rotatable bonds is 3. The van der Waals surface area contributed by atoms with Crippen molar-refractivity contribution < 1.29 is 35.5 Å². The molecular weight excluding hydrogens is 454 g/mol. The molecule has 0 radical (unpaired) electrons. The van der Waals surface area contributed by atoms with Gasteiger partial charge in [0.05, 0.1) is 11.1 Å². The number of hydrogen-bond donors (Lipinski definition) is 0. The van der Waals surface area contributed by atoms with E-state index < -0.39 is 23.5 Å². The first-order valence-electron chi connectivity index (χ1n) is 10.3. The molecule has 0 bridgehead atoms. The van der Waals surface area contributed by atoms with Crippen molar-refractivity contribution in [1.29, 1.82) is 0 Å². The van der Waals surface area contributed by atoms with Crippen LogP contribution in [0.15, 0.2) is 85.5 Å². The van der Waals surface area contributed by atoms with E-state index in [1.807, 2.05) is 42.9 Å². The summed E-state index contributed by atoms with van der Waals surface area (Å²) in [6.45, 7) is 4.04. The maximum Gasteiger partial charge on any atom is 0.416 e. The molecule has 0 aliphatic rings. The van der Waals surface area contributed by atoms with Crippen LogP contribution in [0.2, 0.25) is 0 Å². The van der Waals surface area contributed by atoms with E-state index in [4.69, 9.17) is 0 Å². The zero-order valence-corrected chi connectivity index (χ0v) is 18.2. The number of benzene rings is 2. The Bertz CT molecular complexity index is 1270. The van der Waals surface area contributed by atoms with E-state index in [1.165, 1.54) is 17.0 Å². The standard InChI is InChI=1S/C26H20F6N2/c1-17-11-18(2)13-23(12-17)33-7-3-19(4-8-33)20-5-9-34(10-6-20)24-15-21(25(27,28)29)14-22(16-24)26(30,31)32/h3-16H,1-2H3/q+2. The van der Waals surface area contributed by atoms with Gasteiger partial charge in [0, 0.05) is 48.5 Å². The van der Waals surface area contributed by atoms with Crippen LogP contribution in [0.25, 0.3) is 22.5 Å². The van der Waals surface area contributed by atoms with Gasteiger partial charge in [0.15, 0.2) is 24.8 Å². The van der Waals surface area contributed by atoms with Crippen LogP contribution in [-0.4, -0.2) is 0 Å². The largest absolute Gasteiger partial charge is 0.416 e. The second-order valence-electron chi connectivity index (χ2n) is 8.10. The summed E-state index contributed by atoms with van der Waals surface area (Å²) < 4.78 is 82.1. The van der Waals surface area contributed by atoms with Crippen LogP contribution >= 0.6 is 0 Å². The fourth-order valence-corrected chi connectivity index (χ4v) is 3.77. The molecule has 0 saturated heterocycles. The maximum absolute atomic E-state index is 13.2. The van der Waals surface area contributed by atoms with E-state index in [2.05, 4.69) is 18.2 Å². The highest BCUT2D eigenvalue weighted by Crippen LogP contribution is 2.36. The molecule has 0 aliphatic carbocycles. The number of aromatic nitrogens is 2. The normalized spacial score (nSPS) is 12.1. The predicted octanol–water partition coefficient (Wildman–Crippen LogP) is 6.56. The number of nitrogens with zero attached hydrogens (tertiary/aromatic N) is 2. The number of aryl methyl sites for hydroxylation is 2. The lowest BCUT2D eigenvalue weighted by Crippen LogP contribution is -2.31. The van der Waals surface area contributed by atoms with E-state index in [9.17, 15) is 26.3 Å². The summed E-state index contributed by atoms with van der Waals surface area (Å²) in [5.74, 6) is 0. The summed E-state index contributed by atoms with van der Waals surface area (Å²) >= 11 is 0. The molecule has 0 spiro atoms. The van der Waals surface area contributed by atoms with Crippen molar-refractivity contribution in [2.45, 2.75) is 26.2 Å². The van der Waals surface area contributed by atoms with Gasteiger partial charge in [-0.3, -0.25) is 0 Å². The van der Waals surface area contributed by atoms with Crippen molar-refractivity contribution >= 4 is 0 Å². The SMILES string of the molecule is Cc1cc(C)cc(-[n+]2ccc(-c3cc[n+](-c4cc(C(F)(F)F)cc(C(F)(F)F)c4)cc3)cc2)c1. The third kappa shape index (κ3) is 5.11. The first-order chi connectivity index (χ1) is 15.9. The van der Waals surface area contributed by atoms with Gasteiger partial charge in [-0.25, -0.2) is 0 Å². The Labute approximate surface area is 192 Å². The third-order valence-electron chi connectivity index (χ3n) is 5.37. The molecule has 34 heavy (non-hydrogen) atoms. The zero-order chi connectivity index (χ0) is 24.7. The number of alkyl halides is 6. The topological polar surface area (TPSA) is 7.76 Å². The minimum atomic E-state index is -4.90. The Kier molecular flexibility index (Phi) is 5.93. The van der Waals surface area contributed by atoms with Crippen LogP contribution in [0.5, 0.6) is 0 Å². The molecule has 0 saturated carbocycles. The molecule has 2 nitrogen and oxygen atoms in total. The quantitative estimate of drug-likeness (QED) is 0.235. The lowest BCUT2D eigenvalue weighted by molar-refractivity contribution is -0.596. The Balaban J connectivity index is 1.65. The van der Waals surface area contributed by atoms with E-state index >= 15 is 0 Å². The summed E-state index contributed by atoms with van der Waals surface area (Å²) in [6, 6.07) is 14.8. The second kappa shape index (κ2) is 8.59. The fourth-order valence-electron chi connectivity index (χ4n) is 3.77. The van der Waals surface area contributed by atoms with Crippen LogP contribution in [-0.2, 0) is 12.4 Å². The minimum absolute atomic E-state index is 0.118. The fraction of sp³-hybridized carbons (Fsp3) is 0.154. The van der Waals surface area contributed by atoms with Gasteiger partial charge in [-0.2, -0.15) is 35.5 Å². The van der Waals surface area contributed by atoms with Crippen molar-refractivity contribution in [2.24, 2.45) is 0 Å². The molecule has 0 N–H and O–H groups in total. The highest BCUT2D eigenvalue weighted by atomic mass is 19.4. The van der Waals surface area contributed by atoms with Crippen molar-refractivity contribution in [3.05, 3.63) is 108 Å². The van der Waals surface area contributed by atoms with Crippen LogP contribution < -0.4 is 9.13 Å².